The van der Waals surface area contributed by atoms with Gasteiger partial charge in [0.15, 0.2) is 5.65 Å². The number of pyridine rings is 1. The summed E-state index contributed by atoms with van der Waals surface area (Å²) in [7, 11) is 0. The third-order valence-electron chi connectivity index (χ3n) is 3.61. The maximum atomic E-state index is 11.0. The number of halogens is 1. The molecule has 2 aromatic heterocycles. The molecule has 3 aromatic rings. The third kappa shape index (κ3) is 3.77. The molecular formula is C17H16ClN5O2. The summed E-state index contributed by atoms with van der Waals surface area (Å²) in [6, 6.07) is 8.75. The summed E-state index contributed by atoms with van der Waals surface area (Å²) in [5, 5.41) is 15.1. The molecule has 3 N–H and O–H groups in total. The summed E-state index contributed by atoms with van der Waals surface area (Å²) < 4.78 is 0. The van der Waals surface area contributed by atoms with Crippen molar-refractivity contribution in [3.8, 4) is 0 Å². The van der Waals surface area contributed by atoms with Gasteiger partial charge in [-0.25, -0.2) is 19.7 Å². The number of carbonyl (C=O) groups is 1. The summed E-state index contributed by atoms with van der Waals surface area (Å²) >= 11 is 5.91. The fraction of sp³-hybridized carbons (Fsp3) is 0.176. The molecule has 0 radical (unpaired) electrons. The van der Waals surface area contributed by atoms with Gasteiger partial charge < -0.3 is 10.4 Å². The highest BCUT2D eigenvalue weighted by Gasteiger charge is 2.13. The Kier molecular flexibility index (Phi) is 4.67. The van der Waals surface area contributed by atoms with Crippen LogP contribution in [0.1, 0.15) is 18.3 Å². The van der Waals surface area contributed by atoms with E-state index in [0.717, 1.165) is 23.5 Å². The molecule has 128 valence electrons. The van der Waals surface area contributed by atoms with Crippen LogP contribution in [0.2, 0.25) is 5.02 Å². The number of anilines is 3. The van der Waals surface area contributed by atoms with Crippen LogP contribution in [0.25, 0.3) is 11.2 Å². The van der Waals surface area contributed by atoms with Crippen LogP contribution >= 0.6 is 11.6 Å². The van der Waals surface area contributed by atoms with Crippen molar-refractivity contribution >= 4 is 46.1 Å². The van der Waals surface area contributed by atoms with Gasteiger partial charge in [-0.15, -0.1) is 0 Å². The van der Waals surface area contributed by atoms with Crippen molar-refractivity contribution in [2.45, 2.75) is 20.3 Å². The molecule has 25 heavy (non-hydrogen) atoms. The topological polar surface area (TPSA) is 100 Å². The van der Waals surface area contributed by atoms with Gasteiger partial charge in [-0.05, 0) is 37.6 Å². The maximum absolute atomic E-state index is 11.0. The quantitative estimate of drug-likeness (QED) is 0.640. The molecule has 0 spiro atoms. The van der Waals surface area contributed by atoms with Gasteiger partial charge in [0.05, 0.1) is 17.1 Å². The van der Waals surface area contributed by atoms with Gasteiger partial charge in [-0.3, -0.25) is 5.32 Å². The van der Waals surface area contributed by atoms with Gasteiger partial charge in [0.25, 0.3) is 0 Å². The first kappa shape index (κ1) is 16.9. The number of amides is 1. The molecule has 0 saturated carbocycles. The molecule has 0 aliphatic carbocycles. The van der Waals surface area contributed by atoms with E-state index in [1.54, 1.807) is 18.2 Å². The number of aryl methyl sites for hydroxylation is 2. The predicted octanol–water partition coefficient (Wildman–Crippen LogP) is 4.38. The summed E-state index contributed by atoms with van der Waals surface area (Å²) in [5.74, 6) is 0.175. The summed E-state index contributed by atoms with van der Waals surface area (Å²) in [5.41, 5.74) is 3.99. The van der Waals surface area contributed by atoms with E-state index in [9.17, 15) is 4.79 Å². The van der Waals surface area contributed by atoms with Crippen LogP contribution in [0.3, 0.4) is 0 Å². The summed E-state index contributed by atoms with van der Waals surface area (Å²) in [6.45, 7) is 3.86. The minimum absolute atomic E-state index is 0.175. The molecule has 7 nitrogen and oxygen atoms in total. The molecule has 1 aromatic carbocycles. The highest BCUT2D eigenvalue weighted by molar-refractivity contribution is 6.30. The maximum Gasteiger partial charge on any atom is 0.410 e. The van der Waals surface area contributed by atoms with Crippen LogP contribution in [0, 0.1) is 6.92 Å². The van der Waals surface area contributed by atoms with Crippen LogP contribution < -0.4 is 10.6 Å². The van der Waals surface area contributed by atoms with Crippen LogP contribution in [0.5, 0.6) is 0 Å². The summed E-state index contributed by atoms with van der Waals surface area (Å²) in [6.07, 6.45) is -0.455. The van der Waals surface area contributed by atoms with Crippen LogP contribution in [-0.2, 0) is 6.42 Å². The molecule has 0 bridgehead atoms. The number of hydrogen-bond acceptors (Lipinski definition) is 5. The molecule has 0 atom stereocenters. The highest BCUT2D eigenvalue weighted by atomic mass is 35.5. The molecule has 0 fully saturated rings. The van der Waals surface area contributed by atoms with E-state index in [1.807, 2.05) is 26.0 Å². The van der Waals surface area contributed by atoms with Crippen LogP contribution in [0.15, 0.2) is 30.3 Å². The Balaban J connectivity index is 2.14. The zero-order chi connectivity index (χ0) is 18.0. The van der Waals surface area contributed by atoms with Gasteiger partial charge >= 0.3 is 6.09 Å². The SMILES string of the molecule is CCc1nc2c(Nc3ccc(Cl)cc3)cc(NC(=O)O)nc2nc1C. The first-order chi connectivity index (χ1) is 12.0. The standard InChI is InChI=1S/C17H16ClN5O2/c1-3-12-9(2)19-16-15(21-12)13(8-14(22-16)23-17(24)25)20-11-6-4-10(18)5-7-11/h4-8H,3H2,1-2H3,(H,24,25)(H2,19,20,22,23). The minimum atomic E-state index is -1.20. The number of nitrogens with zero attached hydrogens (tertiary/aromatic N) is 3. The van der Waals surface area contributed by atoms with E-state index >= 15 is 0 Å². The Morgan fingerprint density at radius 1 is 1.20 bits per heavy atom. The number of hydrogen-bond donors (Lipinski definition) is 3. The molecule has 0 saturated heterocycles. The third-order valence-corrected chi connectivity index (χ3v) is 3.86. The Morgan fingerprint density at radius 2 is 1.92 bits per heavy atom. The van der Waals surface area contributed by atoms with Crippen molar-refractivity contribution in [2.75, 3.05) is 10.6 Å². The number of nitrogens with one attached hydrogen (secondary N) is 2. The minimum Gasteiger partial charge on any atom is -0.465 e. The van der Waals surface area contributed by atoms with Gasteiger partial charge in [0.2, 0.25) is 0 Å². The van der Waals surface area contributed by atoms with Crippen molar-refractivity contribution in [1.82, 2.24) is 15.0 Å². The number of aromatic nitrogens is 3. The first-order valence-corrected chi connectivity index (χ1v) is 8.05. The molecule has 0 aliphatic rings. The lowest BCUT2D eigenvalue weighted by Gasteiger charge is -2.12. The first-order valence-electron chi connectivity index (χ1n) is 7.67. The van der Waals surface area contributed by atoms with Gasteiger partial charge in [0, 0.05) is 16.8 Å². The molecule has 2 heterocycles. The molecular weight excluding hydrogens is 342 g/mol. The molecule has 3 rings (SSSR count). The summed E-state index contributed by atoms with van der Waals surface area (Å²) in [4.78, 5) is 24.3. The van der Waals surface area contributed by atoms with E-state index in [0.29, 0.717) is 21.9 Å². The van der Waals surface area contributed by atoms with E-state index in [1.165, 1.54) is 0 Å². The Morgan fingerprint density at radius 3 is 2.56 bits per heavy atom. The second-order valence-electron chi connectivity index (χ2n) is 5.40. The highest BCUT2D eigenvalue weighted by Crippen LogP contribution is 2.27. The van der Waals surface area contributed by atoms with Crippen molar-refractivity contribution in [2.24, 2.45) is 0 Å². The van der Waals surface area contributed by atoms with Crippen molar-refractivity contribution in [1.29, 1.82) is 0 Å². The van der Waals surface area contributed by atoms with Crippen LogP contribution in [-0.4, -0.2) is 26.2 Å². The number of fused-ring (bicyclic) bond motifs is 1. The number of rotatable bonds is 4. The average Bonchev–Trinajstić information content (AvgIpc) is 2.55. The zero-order valence-corrected chi connectivity index (χ0v) is 14.4. The van der Waals surface area contributed by atoms with Gasteiger partial charge in [0.1, 0.15) is 11.3 Å². The van der Waals surface area contributed by atoms with Gasteiger partial charge in [-0.1, -0.05) is 18.5 Å². The Hall–Kier alpha value is -2.93. The Bertz CT molecular complexity index is 944. The van der Waals surface area contributed by atoms with Crippen molar-refractivity contribution in [3.63, 3.8) is 0 Å². The molecule has 1 amide bonds. The van der Waals surface area contributed by atoms with Crippen LogP contribution in [0.4, 0.5) is 22.0 Å². The number of carboxylic acid groups (broad SMARTS) is 1. The monoisotopic (exact) mass is 357 g/mol. The van der Waals surface area contributed by atoms with E-state index in [2.05, 4.69) is 25.6 Å². The fourth-order valence-electron chi connectivity index (χ4n) is 2.44. The normalized spacial score (nSPS) is 10.7. The lowest BCUT2D eigenvalue weighted by molar-refractivity contribution is 0.209. The Labute approximate surface area is 149 Å². The van der Waals surface area contributed by atoms with Crippen molar-refractivity contribution in [3.05, 3.63) is 46.7 Å². The lowest BCUT2D eigenvalue weighted by Crippen LogP contribution is -2.10. The number of benzene rings is 1. The van der Waals surface area contributed by atoms with Gasteiger partial charge in [-0.2, -0.15) is 0 Å². The fourth-order valence-corrected chi connectivity index (χ4v) is 2.57. The van der Waals surface area contributed by atoms with E-state index < -0.39 is 6.09 Å². The van der Waals surface area contributed by atoms with Crippen molar-refractivity contribution < 1.29 is 9.90 Å². The molecule has 0 unspecified atom stereocenters. The largest absolute Gasteiger partial charge is 0.465 e. The van der Waals surface area contributed by atoms with E-state index in [4.69, 9.17) is 16.7 Å². The lowest BCUT2D eigenvalue weighted by atomic mass is 10.2. The molecule has 0 aliphatic heterocycles. The average molecular weight is 358 g/mol. The van der Waals surface area contributed by atoms with E-state index in [-0.39, 0.29) is 5.82 Å². The molecule has 8 heteroatoms. The smallest absolute Gasteiger partial charge is 0.410 e. The second kappa shape index (κ2) is 6.90. The zero-order valence-electron chi connectivity index (χ0n) is 13.7. The predicted molar refractivity (Wildman–Crippen MR) is 97.8 cm³/mol. The second-order valence-corrected chi connectivity index (χ2v) is 5.84.